The number of aryl methyl sites for hydroxylation is 1. The summed E-state index contributed by atoms with van der Waals surface area (Å²) in [5, 5.41) is 3.34. The maximum Gasteiger partial charge on any atom is 0.250 e. The van der Waals surface area contributed by atoms with Crippen molar-refractivity contribution < 1.29 is 13.6 Å². The number of allylic oxidation sites excluding steroid dienone is 2. The molecule has 1 saturated heterocycles. The third-order valence-corrected chi connectivity index (χ3v) is 7.21. The molecule has 0 aromatic carbocycles. The van der Waals surface area contributed by atoms with Crippen molar-refractivity contribution in [1.29, 1.82) is 0 Å². The van der Waals surface area contributed by atoms with Crippen LogP contribution < -0.4 is 16.8 Å². The van der Waals surface area contributed by atoms with E-state index in [9.17, 15) is 13.6 Å². The van der Waals surface area contributed by atoms with Crippen LogP contribution in [0.5, 0.6) is 0 Å². The molecule has 1 fully saturated rings. The number of hydrogen-bond acceptors (Lipinski definition) is 6. The molecule has 2 heterocycles. The van der Waals surface area contributed by atoms with Crippen molar-refractivity contribution in [3.8, 4) is 0 Å². The Bertz CT molecular complexity index is 818. The number of aromatic nitrogens is 1. The number of carbonyl (C=O) groups excluding carboxylic acids is 1. The molecule has 3 rings (SSSR count). The Labute approximate surface area is 184 Å². The lowest BCUT2D eigenvalue weighted by molar-refractivity contribution is -0.118. The molecule has 1 aliphatic heterocycles. The highest BCUT2D eigenvalue weighted by molar-refractivity contribution is 7.09. The minimum atomic E-state index is -2.63. The van der Waals surface area contributed by atoms with Crippen LogP contribution in [0.25, 0.3) is 0 Å². The number of halogens is 3. The second-order valence-electron chi connectivity index (χ2n) is 7.87. The third-order valence-electron chi connectivity index (χ3n) is 5.83. The number of nitrogens with zero attached hydrogens (tertiary/aromatic N) is 2. The van der Waals surface area contributed by atoms with E-state index in [1.807, 2.05) is 17.9 Å². The quantitative estimate of drug-likeness (QED) is 0.582. The Balaban J connectivity index is 1.70. The Morgan fingerprint density at radius 2 is 2.17 bits per heavy atom. The first-order valence-electron chi connectivity index (χ1n) is 10.0. The largest absolute Gasteiger partial charge is 0.350 e. The number of nitrogens with one attached hydrogen (secondary N) is 1. The number of hydrogen-bond donors (Lipinski definition) is 3. The lowest BCUT2D eigenvalue weighted by Crippen LogP contribution is -2.45. The Morgan fingerprint density at radius 3 is 2.77 bits per heavy atom. The number of piperidine rings is 1. The van der Waals surface area contributed by atoms with E-state index in [2.05, 4.69) is 10.3 Å². The van der Waals surface area contributed by atoms with E-state index in [4.69, 9.17) is 23.1 Å². The van der Waals surface area contributed by atoms with Gasteiger partial charge < -0.3 is 16.8 Å². The van der Waals surface area contributed by atoms with Crippen LogP contribution in [0, 0.1) is 12.8 Å². The van der Waals surface area contributed by atoms with Crippen LogP contribution in [-0.2, 0) is 4.79 Å². The van der Waals surface area contributed by atoms with Crippen LogP contribution in [-0.4, -0.2) is 53.9 Å². The van der Waals surface area contributed by atoms with Crippen molar-refractivity contribution in [2.75, 3.05) is 26.2 Å². The molecule has 0 saturated carbocycles. The highest BCUT2D eigenvalue weighted by atomic mass is 35.5. The van der Waals surface area contributed by atoms with Gasteiger partial charge in [0.05, 0.1) is 17.2 Å². The third kappa shape index (κ3) is 5.45. The topological polar surface area (TPSA) is 97.3 Å². The zero-order valence-electron chi connectivity index (χ0n) is 16.9. The summed E-state index contributed by atoms with van der Waals surface area (Å²) in [6, 6.07) is -0.463. The van der Waals surface area contributed by atoms with Gasteiger partial charge in [-0.3, -0.25) is 9.69 Å². The molecule has 3 unspecified atom stereocenters. The first-order chi connectivity index (χ1) is 14.2. The molecule has 166 valence electrons. The molecular formula is C20H28ClF2N5OS. The van der Waals surface area contributed by atoms with Crippen LogP contribution >= 0.6 is 22.9 Å². The van der Waals surface area contributed by atoms with E-state index < -0.39 is 5.92 Å². The van der Waals surface area contributed by atoms with Crippen molar-refractivity contribution >= 4 is 28.8 Å². The molecule has 0 spiro atoms. The molecule has 0 bridgehead atoms. The fourth-order valence-corrected chi connectivity index (χ4v) is 5.03. The molecule has 3 atom stereocenters. The summed E-state index contributed by atoms with van der Waals surface area (Å²) in [7, 11) is 0. The molecular weight excluding hydrogens is 432 g/mol. The van der Waals surface area contributed by atoms with Crippen molar-refractivity contribution in [3.63, 3.8) is 0 Å². The number of amides is 1. The summed E-state index contributed by atoms with van der Waals surface area (Å²) in [6.07, 6.45) is 3.62. The van der Waals surface area contributed by atoms with Crippen molar-refractivity contribution in [1.82, 2.24) is 15.2 Å². The fraction of sp³-hybridized carbons (Fsp3) is 0.600. The number of alkyl halides is 2. The minimum absolute atomic E-state index is 0.0536. The molecule has 6 nitrogen and oxygen atoms in total. The summed E-state index contributed by atoms with van der Waals surface area (Å²) in [5.74, 6) is -2.95. The number of thiazole rings is 1. The van der Waals surface area contributed by atoms with Gasteiger partial charge in [0, 0.05) is 60.5 Å². The van der Waals surface area contributed by atoms with Gasteiger partial charge in [0.25, 0.3) is 5.92 Å². The number of nitrogens with two attached hydrogens (primary N) is 2. The normalized spacial score (nSPS) is 24.0. The Hall–Kier alpha value is -1.39. The molecule has 2 aliphatic rings. The van der Waals surface area contributed by atoms with Gasteiger partial charge in [0.1, 0.15) is 0 Å². The summed E-state index contributed by atoms with van der Waals surface area (Å²) in [4.78, 5) is 20.2. The van der Waals surface area contributed by atoms with Crippen molar-refractivity contribution in [3.05, 3.63) is 38.8 Å². The van der Waals surface area contributed by atoms with E-state index in [1.54, 1.807) is 11.6 Å². The predicted octanol–water partition coefficient (Wildman–Crippen LogP) is 2.69. The predicted molar refractivity (Wildman–Crippen MR) is 116 cm³/mol. The summed E-state index contributed by atoms with van der Waals surface area (Å²) in [5.41, 5.74) is 14.7. The molecule has 5 N–H and O–H groups in total. The van der Waals surface area contributed by atoms with Crippen molar-refractivity contribution in [2.24, 2.45) is 17.4 Å². The second-order valence-corrected chi connectivity index (χ2v) is 9.17. The van der Waals surface area contributed by atoms with Gasteiger partial charge in [0.2, 0.25) is 5.91 Å². The molecule has 0 radical (unpaired) electrons. The maximum absolute atomic E-state index is 13.6. The summed E-state index contributed by atoms with van der Waals surface area (Å²) < 4.78 is 27.3. The number of carbonyl (C=O) groups is 1. The lowest BCUT2D eigenvalue weighted by atomic mass is 9.88. The highest BCUT2D eigenvalue weighted by Crippen LogP contribution is 2.34. The summed E-state index contributed by atoms with van der Waals surface area (Å²) in [6.45, 7) is 3.03. The average molecular weight is 460 g/mol. The van der Waals surface area contributed by atoms with Crippen LogP contribution in [0.3, 0.4) is 0 Å². The van der Waals surface area contributed by atoms with E-state index in [1.165, 1.54) is 11.3 Å². The van der Waals surface area contributed by atoms with E-state index in [0.29, 0.717) is 30.1 Å². The molecule has 1 aromatic rings. The van der Waals surface area contributed by atoms with Gasteiger partial charge in [-0.25, -0.2) is 13.8 Å². The van der Waals surface area contributed by atoms with Gasteiger partial charge in [0.15, 0.2) is 0 Å². The fourth-order valence-electron chi connectivity index (χ4n) is 3.86. The van der Waals surface area contributed by atoms with Gasteiger partial charge in [-0.05, 0) is 25.3 Å². The highest BCUT2D eigenvalue weighted by Gasteiger charge is 2.37. The summed E-state index contributed by atoms with van der Waals surface area (Å²) >= 11 is 7.74. The Morgan fingerprint density at radius 1 is 1.47 bits per heavy atom. The van der Waals surface area contributed by atoms with E-state index in [-0.39, 0.29) is 49.8 Å². The second kappa shape index (κ2) is 9.82. The smallest absolute Gasteiger partial charge is 0.250 e. The first kappa shape index (κ1) is 23.3. The number of likely N-dealkylation sites (tertiary alicyclic amines) is 1. The van der Waals surface area contributed by atoms with E-state index >= 15 is 0 Å². The maximum atomic E-state index is 13.6. The zero-order chi connectivity index (χ0) is 21.9. The monoisotopic (exact) mass is 459 g/mol. The van der Waals surface area contributed by atoms with E-state index in [0.717, 1.165) is 10.6 Å². The van der Waals surface area contributed by atoms with Gasteiger partial charge >= 0.3 is 0 Å². The SMILES string of the molecule is Cc1ncsc1C(CNC(=O)C1=C(Cl)C=CC(C(N)CN)C1)N1CCC(F)(F)CC1. The van der Waals surface area contributed by atoms with Crippen LogP contribution in [0.15, 0.2) is 28.3 Å². The van der Waals surface area contributed by atoms with Gasteiger partial charge in [-0.2, -0.15) is 0 Å². The number of rotatable bonds is 7. The Kier molecular flexibility index (Phi) is 7.62. The minimum Gasteiger partial charge on any atom is -0.350 e. The van der Waals surface area contributed by atoms with Crippen molar-refractivity contribution in [2.45, 2.75) is 44.2 Å². The zero-order valence-corrected chi connectivity index (χ0v) is 18.5. The molecule has 1 amide bonds. The molecule has 10 heteroatoms. The first-order valence-corrected chi connectivity index (χ1v) is 11.3. The lowest BCUT2D eigenvalue weighted by Gasteiger charge is -2.37. The molecule has 30 heavy (non-hydrogen) atoms. The van der Waals surface area contributed by atoms with Crippen LogP contribution in [0.2, 0.25) is 0 Å². The van der Waals surface area contributed by atoms with Crippen LogP contribution in [0.1, 0.15) is 35.9 Å². The average Bonchev–Trinajstić information content (AvgIpc) is 3.14. The van der Waals surface area contributed by atoms with Gasteiger partial charge in [-0.1, -0.05) is 17.7 Å². The molecule has 1 aliphatic carbocycles. The van der Waals surface area contributed by atoms with Crippen LogP contribution in [0.4, 0.5) is 8.78 Å². The van der Waals surface area contributed by atoms with Gasteiger partial charge in [-0.15, -0.1) is 11.3 Å². The molecule has 1 aromatic heterocycles. The standard InChI is InChI=1S/C20H28ClF2N5OS/c1-12-18(30-11-27-12)17(28-6-4-20(22,23)5-7-28)10-26-19(29)14-8-13(16(25)9-24)2-3-15(14)21/h2-3,11,13,16-17H,4-10,24-25H2,1H3,(H,26,29).